The molecule has 298 valence electrons. The maximum absolute atomic E-state index is 6.22. The molecule has 1 saturated carbocycles. The Morgan fingerprint density at radius 1 is 0.455 bits per heavy atom. The van der Waals surface area contributed by atoms with E-state index in [1.54, 1.807) is 0 Å². The number of benzene rings is 4. The summed E-state index contributed by atoms with van der Waals surface area (Å²) in [6.07, 6.45) is 25.1. The lowest BCUT2D eigenvalue weighted by Gasteiger charge is -2.32. The van der Waals surface area contributed by atoms with E-state index >= 15 is 0 Å². The van der Waals surface area contributed by atoms with Crippen LogP contribution in [0.4, 0.5) is 11.4 Å². The van der Waals surface area contributed by atoms with E-state index in [1.165, 1.54) is 167 Å². The monoisotopic (exact) mass is 741 g/mol. The molecule has 1 aliphatic carbocycles. The minimum atomic E-state index is 0.397. The number of nitrogens with two attached hydrogens (primary N) is 2. The molecule has 1 fully saturated rings. The molecule has 3 unspecified atom stereocenters. The minimum Gasteiger partial charge on any atom is -0.399 e. The smallest absolute Gasteiger partial charge is 0.0316 e. The van der Waals surface area contributed by atoms with Gasteiger partial charge >= 0.3 is 0 Å². The second kappa shape index (κ2) is 22.3. The molecule has 4 aromatic carbocycles. The third-order valence-electron chi connectivity index (χ3n) is 13.3. The van der Waals surface area contributed by atoms with Gasteiger partial charge in [0.25, 0.3) is 0 Å². The number of hydrogen-bond donors (Lipinski definition) is 2. The Morgan fingerprint density at radius 3 is 1.25 bits per heavy atom. The Kier molecular flexibility index (Phi) is 17.3. The van der Waals surface area contributed by atoms with Crippen LogP contribution in [-0.2, 0) is 0 Å². The van der Waals surface area contributed by atoms with Gasteiger partial charge in [0.05, 0.1) is 0 Å². The van der Waals surface area contributed by atoms with Crippen molar-refractivity contribution in [2.45, 2.75) is 174 Å². The van der Waals surface area contributed by atoms with Crippen LogP contribution in [0.2, 0.25) is 0 Å². The van der Waals surface area contributed by atoms with Gasteiger partial charge in [-0.1, -0.05) is 178 Å². The highest BCUT2D eigenvalue weighted by molar-refractivity contribution is 5.50. The van der Waals surface area contributed by atoms with Crippen LogP contribution in [0, 0.1) is 25.7 Å². The van der Waals surface area contributed by atoms with Gasteiger partial charge in [-0.2, -0.15) is 0 Å². The van der Waals surface area contributed by atoms with Crippen LogP contribution in [0.5, 0.6) is 0 Å². The van der Waals surface area contributed by atoms with E-state index in [-0.39, 0.29) is 0 Å². The van der Waals surface area contributed by atoms with Gasteiger partial charge in [0.2, 0.25) is 0 Å². The number of rotatable bonds is 22. The Hall–Kier alpha value is -3.52. The lowest BCUT2D eigenvalue weighted by atomic mass is 9.73. The molecule has 0 saturated heterocycles. The Bertz CT molecular complexity index is 1570. The third-order valence-corrected chi connectivity index (χ3v) is 13.3. The zero-order valence-electron chi connectivity index (χ0n) is 35.6. The first-order valence-electron chi connectivity index (χ1n) is 22.7. The van der Waals surface area contributed by atoms with Crippen molar-refractivity contribution in [2.24, 2.45) is 11.8 Å². The van der Waals surface area contributed by atoms with E-state index in [0.717, 1.165) is 23.2 Å². The van der Waals surface area contributed by atoms with E-state index in [9.17, 15) is 0 Å². The highest BCUT2D eigenvalue weighted by atomic mass is 14.5. The molecular weight excluding hydrogens is 665 g/mol. The zero-order valence-corrected chi connectivity index (χ0v) is 35.6. The van der Waals surface area contributed by atoms with E-state index in [0.29, 0.717) is 17.8 Å². The standard InChI is InChI=1S/C53H76N2/c1-6-9-13-18-42(41-19-16-12-17-20-41)31-34-51(43-23-27-45(28-24-43)52(21-14-10-7-2)49-35-32-47(54)37-39(49)4)44-25-29-46(30-26-44)53(22-15-11-8-3)50-36-33-48(55)38-40(50)5/h23-30,32-33,35-38,41-42,51-53H,6-22,31,34,54-55H2,1-5H3. The van der Waals surface area contributed by atoms with Gasteiger partial charge in [-0.25, -0.2) is 0 Å². The summed E-state index contributed by atoms with van der Waals surface area (Å²) < 4.78 is 0. The number of anilines is 2. The molecule has 0 aromatic heterocycles. The first-order valence-corrected chi connectivity index (χ1v) is 22.7. The fourth-order valence-corrected chi connectivity index (χ4v) is 10.1. The molecule has 0 aliphatic heterocycles. The molecule has 0 heterocycles. The fourth-order valence-electron chi connectivity index (χ4n) is 10.1. The first-order chi connectivity index (χ1) is 26.8. The number of aryl methyl sites for hydroxylation is 2. The average molecular weight is 741 g/mol. The first kappa shape index (κ1) is 42.6. The van der Waals surface area contributed by atoms with Gasteiger partial charge in [-0.05, 0) is 120 Å². The Morgan fingerprint density at radius 2 is 0.855 bits per heavy atom. The van der Waals surface area contributed by atoms with Gasteiger partial charge in [-0.3, -0.25) is 0 Å². The molecule has 1 aliphatic rings. The van der Waals surface area contributed by atoms with Crippen molar-refractivity contribution < 1.29 is 0 Å². The summed E-state index contributed by atoms with van der Waals surface area (Å²) in [5.74, 6) is 2.95. The molecule has 0 amide bonds. The second-order valence-corrected chi connectivity index (χ2v) is 17.4. The Balaban J connectivity index is 1.48. The van der Waals surface area contributed by atoms with E-state index in [2.05, 4.69) is 120 Å². The van der Waals surface area contributed by atoms with Crippen molar-refractivity contribution in [1.82, 2.24) is 0 Å². The average Bonchev–Trinajstić information content (AvgIpc) is 3.19. The lowest BCUT2D eigenvalue weighted by molar-refractivity contribution is 0.215. The predicted molar refractivity (Wildman–Crippen MR) is 241 cm³/mol. The van der Waals surface area contributed by atoms with E-state index < -0.39 is 0 Å². The molecule has 5 rings (SSSR count). The fraction of sp³-hybridized carbons (Fsp3) is 0.547. The van der Waals surface area contributed by atoms with Crippen LogP contribution in [0.15, 0.2) is 84.9 Å². The maximum Gasteiger partial charge on any atom is 0.0316 e. The predicted octanol–water partition coefficient (Wildman–Crippen LogP) is 15.6. The topological polar surface area (TPSA) is 52.0 Å². The van der Waals surface area contributed by atoms with Gasteiger partial charge < -0.3 is 11.5 Å². The minimum absolute atomic E-state index is 0.397. The van der Waals surface area contributed by atoms with Crippen LogP contribution in [0.1, 0.15) is 205 Å². The summed E-state index contributed by atoms with van der Waals surface area (Å²) in [6.45, 7) is 11.4. The molecule has 4 aromatic rings. The summed E-state index contributed by atoms with van der Waals surface area (Å²) >= 11 is 0. The summed E-state index contributed by atoms with van der Waals surface area (Å²) in [5, 5.41) is 0. The molecule has 55 heavy (non-hydrogen) atoms. The highest BCUT2D eigenvalue weighted by Crippen LogP contribution is 2.41. The molecule has 4 N–H and O–H groups in total. The summed E-state index contributed by atoms with van der Waals surface area (Å²) in [6, 6.07) is 32.9. The summed E-state index contributed by atoms with van der Waals surface area (Å²) in [7, 11) is 0. The van der Waals surface area contributed by atoms with Crippen molar-refractivity contribution >= 4 is 11.4 Å². The molecule has 2 nitrogen and oxygen atoms in total. The van der Waals surface area contributed by atoms with Gasteiger partial charge in [0.15, 0.2) is 0 Å². The highest BCUT2D eigenvalue weighted by Gasteiger charge is 2.26. The van der Waals surface area contributed by atoms with Crippen LogP contribution >= 0.6 is 0 Å². The normalized spacial score (nSPS) is 15.8. The molecule has 0 bridgehead atoms. The number of hydrogen-bond acceptors (Lipinski definition) is 2. The lowest BCUT2D eigenvalue weighted by Crippen LogP contribution is -2.19. The van der Waals surface area contributed by atoms with Crippen molar-refractivity contribution in [3.05, 3.63) is 129 Å². The van der Waals surface area contributed by atoms with Gasteiger partial charge in [0.1, 0.15) is 0 Å². The van der Waals surface area contributed by atoms with Gasteiger partial charge in [0, 0.05) is 29.1 Å². The van der Waals surface area contributed by atoms with E-state index in [1.807, 2.05) is 0 Å². The van der Waals surface area contributed by atoms with Crippen LogP contribution < -0.4 is 11.5 Å². The Labute approximate surface area is 337 Å². The molecule has 0 radical (unpaired) electrons. The largest absolute Gasteiger partial charge is 0.399 e. The summed E-state index contributed by atoms with van der Waals surface area (Å²) in [4.78, 5) is 0. The molecular formula is C53H76N2. The second-order valence-electron chi connectivity index (χ2n) is 17.4. The van der Waals surface area contributed by atoms with Crippen LogP contribution in [0.3, 0.4) is 0 Å². The number of unbranched alkanes of at least 4 members (excludes halogenated alkanes) is 6. The van der Waals surface area contributed by atoms with E-state index in [4.69, 9.17) is 11.5 Å². The number of nitrogen functional groups attached to an aromatic ring is 2. The third kappa shape index (κ3) is 12.2. The van der Waals surface area contributed by atoms with Crippen LogP contribution in [-0.4, -0.2) is 0 Å². The molecule has 2 heteroatoms. The zero-order chi connectivity index (χ0) is 39.0. The van der Waals surface area contributed by atoms with Crippen molar-refractivity contribution in [3.63, 3.8) is 0 Å². The summed E-state index contributed by atoms with van der Waals surface area (Å²) in [5.41, 5.74) is 25.4. The molecule has 3 atom stereocenters. The van der Waals surface area contributed by atoms with Crippen molar-refractivity contribution in [3.8, 4) is 0 Å². The van der Waals surface area contributed by atoms with Gasteiger partial charge in [-0.15, -0.1) is 0 Å². The SMILES string of the molecule is CCCCCC(c1ccc(C(CCC(CCCCC)C2CCCCC2)c2ccc(C(CCCCC)c3ccc(N)cc3C)cc2)cc1)c1ccc(N)cc1C. The quantitative estimate of drug-likeness (QED) is 0.0623. The van der Waals surface area contributed by atoms with Crippen molar-refractivity contribution in [1.29, 1.82) is 0 Å². The van der Waals surface area contributed by atoms with Crippen LogP contribution in [0.25, 0.3) is 0 Å². The maximum atomic E-state index is 6.22. The van der Waals surface area contributed by atoms with Crippen molar-refractivity contribution in [2.75, 3.05) is 11.5 Å². The molecule has 0 spiro atoms.